The van der Waals surface area contributed by atoms with Crippen molar-refractivity contribution >= 4 is 0 Å². The molecule has 1 heterocycles. The zero-order chi connectivity index (χ0) is 11.4. The van der Waals surface area contributed by atoms with E-state index in [2.05, 4.69) is 23.7 Å². The molecule has 0 atom stereocenters. The first-order valence-electron chi connectivity index (χ1n) is 6.58. The topological polar surface area (TPSA) is 29.9 Å². The van der Waals surface area contributed by atoms with E-state index in [-0.39, 0.29) is 0 Å². The van der Waals surface area contributed by atoms with Crippen LogP contribution >= 0.6 is 0 Å². The SMILES string of the molecule is CCNCCCn1c(C)nc2c1CCCC2. The Morgan fingerprint density at radius 2 is 2.12 bits per heavy atom. The van der Waals surface area contributed by atoms with E-state index >= 15 is 0 Å². The summed E-state index contributed by atoms with van der Waals surface area (Å²) in [6.45, 7) is 7.61. The quantitative estimate of drug-likeness (QED) is 0.771. The maximum Gasteiger partial charge on any atom is 0.106 e. The van der Waals surface area contributed by atoms with Crippen molar-refractivity contribution < 1.29 is 0 Å². The summed E-state index contributed by atoms with van der Waals surface area (Å²) in [6, 6.07) is 0. The second-order valence-corrected chi connectivity index (χ2v) is 4.62. The summed E-state index contributed by atoms with van der Waals surface area (Å²) in [5, 5.41) is 3.38. The van der Waals surface area contributed by atoms with Gasteiger partial charge in [-0.15, -0.1) is 0 Å². The third-order valence-electron chi connectivity index (χ3n) is 3.41. The lowest BCUT2D eigenvalue weighted by Crippen LogP contribution is -2.17. The fourth-order valence-corrected chi connectivity index (χ4v) is 2.57. The molecule has 1 N–H and O–H groups in total. The molecular formula is C13H23N3. The Morgan fingerprint density at radius 3 is 2.94 bits per heavy atom. The van der Waals surface area contributed by atoms with Crippen LogP contribution in [0.1, 0.15) is 43.4 Å². The molecule has 90 valence electrons. The van der Waals surface area contributed by atoms with E-state index in [0.29, 0.717) is 0 Å². The highest BCUT2D eigenvalue weighted by molar-refractivity contribution is 5.19. The highest BCUT2D eigenvalue weighted by Gasteiger charge is 2.17. The van der Waals surface area contributed by atoms with Gasteiger partial charge in [-0.05, 0) is 52.1 Å². The van der Waals surface area contributed by atoms with E-state index in [9.17, 15) is 0 Å². The van der Waals surface area contributed by atoms with Crippen LogP contribution in [0.4, 0.5) is 0 Å². The summed E-state index contributed by atoms with van der Waals surface area (Å²) in [5.74, 6) is 1.21. The molecule has 0 amide bonds. The molecule has 3 heteroatoms. The van der Waals surface area contributed by atoms with Gasteiger partial charge in [-0.25, -0.2) is 4.98 Å². The molecular weight excluding hydrogens is 198 g/mol. The van der Waals surface area contributed by atoms with E-state index in [1.807, 2.05) is 0 Å². The molecule has 0 aliphatic heterocycles. The molecule has 0 fully saturated rings. The first-order valence-corrected chi connectivity index (χ1v) is 6.58. The zero-order valence-electron chi connectivity index (χ0n) is 10.6. The first kappa shape index (κ1) is 11.6. The standard InChI is InChI=1S/C13H23N3/c1-3-14-9-6-10-16-11(2)15-12-7-4-5-8-13(12)16/h14H,3-10H2,1-2H3. The van der Waals surface area contributed by atoms with Crippen molar-refractivity contribution in [3.63, 3.8) is 0 Å². The van der Waals surface area contributed by atoms with Crippen LogP contribution < -0.4 is 5.32 Å². The Labute approximate surface area is 98.3 Å². The smallest absolute Gasteiger partial charge is 0.106 e. The number of fused-ring (bicyclic) bond motifs is 1. The van der Waals surface area contributed by atoms with Crippen molar-refractivity contribution in [2.75, 3.05) is 13.1 Å². The van der Waals surface area contributed by atoms with E-state index < -0.39 is 0 Å². The number of aryl methyl sites for hydroxylation is 2. The van der Waals surface area contributed by atoms with Gasteiger partial charge in [0.1, 0.15) is 5.82 Å². The molecule has 0 aromatic carbocycles. The van der Waals surface area contributed by atoms with Gasteiger partial charge in [0, 0.05) is 12.2 Å². The zero-order valence-corrected chi connectivity index (χ0v) is 10.6. The molecule has 0 spiro atoms. The minimum Gasteiger partial charge on any atom is -0.332 e. The lowest BCUT2D eigenvalue weighted by molar-refractivity contribution is 0.551. The largest absolute Gasteiger partial charge is 0.332 e. The van der Waals surface area contributed by atoms with Crippen molar-refractivity contribution in [1.82, 2.24) is 14.9 Å². The molecule has 1 aromatic rings. The fraction of sp³-hybridized carbons (Fsp3) is 0.769. The average molecular weight is 221 g/mol. The van der Waals surface area contributed by atoms with E-state index in [1.165, 1.54) is 49.3 Å². The Kier molecular flexibility index (Phi) is 3.99. The predicted molar refractivity (Wildman–Crippen MR) is 66.8 cm³/mol. The number of hydrogen-bond acceptors (Lipinski definition) is 2. The van der Waals surface area contributed by atoms with E-state index in [1.54, 1.807) is 0 Å². The summed E-state index contributed by atoms with van der Waals surface area (Å²) in [6.07, 6.45) is 6.29. The van der Waals surface area contributed by atoms with Crippen LogP contribution in [0.5, 0.6) is 0 Å². The number of nitrogens with zero attached hydrogens (tertiary/aromatic N) is 2. The van der Waals surface area contributed by atoms with Crippen molar-refractivity contribution in [3.8, 4) is 0 Å². The monoisotopic (exact) mass is 221 g/mol. The fourth-order valence-electron chi connectivity index (χ4n) is 2.57. The summed E-state index contributed by atoms with van der Waals surface area (Å²) >= 11 is 0. The lowest BCUT2D eigenvalue weighted by Gasteiger charge is -2.14. The molecule has 16 heavy (non-hydrogen) atoms. The highest BCUT2D eigenvalue weighted by atomic mass is 15.1. The number of rotatable bonds is 5. The van der Waals surface area contributed by atoms with Crippen LogP contribution in [0.15, 0.2) is 0 Å². The summed E-state index contributed by atoms with van der Waals surface area (Å²) < 4.78 is 2.44. The molecule has 2 rings (SSSR count). The molecule has 1 aliphatic rings. The Bertz CT molecular complexity index is 341. The second-order valence-electron chi connectivity index (χ2n) is 4.62. The second kappa shape index (κ2) is 5.48. The van der Waals surface area contributed by atoms with Gasteiger partial charge in [0.05, 0.1) is 5.69 Å². The lowest BCUT2D eigenvalue weighted by atomic mass is 10.0. The summed E-state index contributed by atoms with van der Waals surface area (Å²) in [5.41, 5.74) is 2.88. The molecule has 0 radical (unpaired) electrons. The van der Waals surface area contributed by atoms with Gasteiger partial charge in [-0.1, -0.05) is 6.92 Å². The van der Waals surface area contributed by atoms with Crippen LogP contribution in [-0.4, -0.2) is 22.6 Å². The molecule has 1 aromatic heterocycles. The number of aromatic nitrogens is 2. The third-order valence-corrected chi connectivity index (χ3v) is 3.41. The molecule has 0 saturated carbocycles. The number of nitrogens with one attached hydrogen (secondary N) is 1. The van der Waals surface area contributed by atoms with Crippen LogP contribution in [0.2, 0.25) is 0 Å². The Balaban J connectivity index is 1.99. The van der Waals surface area contributed by atoms with Crippen LogP contribution in [0.3, 0.4) is 0 Å². The van der Waals surface area contributed by atoms with Crippen molar-refractivity contribution in [2.24, 2.45) is 0 Å². The Hall–Kier alpha value is -0.830. The first-order chi connectivity index (χ1) is 7.83. The van der Waals surface area contributed by atoms with E-state index in [4.69, 9.17) is 4.98 Å². The van der Waals surface area contributed by atoms with Crippen molar-refractivity contribution in [1.29, 1.82) is 0 Å². The van der Waals surface area contributed by atoms with Crippen LogP contribution in [-0.2, 0) is 19.4 Å². The van der Waals surface area contributed by atoms with Crippen LogP contribution in [0, 0.1) is 6.92 Å². The molecule has 1 aliphatic carbocycles. The van der Waals surface area contributed by atoms with Gasteiger partial charge in [0.15, 0.2) is 0 Å². The maximum absolute atomic E-state index is 4.69. The van der Waals surface area contributed by atoms with Gasteiger partial charge in [0.2, 0.25) is 0 Å². The highest BCUT2D eigenvalue weighted by Crippen LogP contribution is 2.22. The summed E-state index contributed by atoms with van der Waals surface area (Å²) in [4.78, 5) is 4.69. The van der Waals surface area contributed by atoms with E-state index in [0.717, 1.165) is 19.6 Å². The number of imidazole rings is 1. The van der Waals surface area contributed by atoms with Gasteiger partial charge in [0.25, 0.3) is 0 Å². The predicted octanol–water partition coefficient (Wildman–Crippen LogP) is 2.07. The minimum atomic E-state index is 1.07. The van der Waals surface area contributed by atoms with Gasteiger partial charge in [-0.3, -0.25) is 0 Å². The van der Waals surface area contributed by atoms with Crippen molar-refractivity contribution in [3.05, 3.63) is 17.2 Å². The van der Waals surface area contributed by atoms with Crippen molar-refractivity contribution in [2.45, 2.75) is 52.5 Å². The summed E-state index contributed by atoms with van der Waals surface area (Å²) in [7, 11) is 0. The maximum atomic E-state index is 4.69. The Morgan fingerprint density at radius 1 is 1.31 bits per heavy atom. The average Bonchev–Trinajstić information content (AvgIpc) is 2.61. The molecule has 3 nitrogen and oxygen atoms in total. The minimum absolute atomic E-state index is 1.07. The van der Waals surface area contributed by atoms with Gasteiger partial charge >= 0.3 is 0 Å². The molecule has 0 saturated heterocycles. The third kappa shape index (κ3) is 2.46. The molecule has 0 bridgehead atoms. The van der Waals surface area contributed by atoms with Crippen LogP contribution in [0.25, 0.3) is 0 Å². The van der Waals surface area contributed by atoms with Gasteiger partial charge in [-0.2, -0.15) is 0 Å². The molecule has 0 unspecified atom stereocenters. The normalized spacial score (nSPS) is 15.1. The number of hydrogen-bond donors (Lipinski definition) is 1. The van der Waals surface area contributed by atoms with Gasteiger partial charge < -0.3 is 9.88 Å².